The second-order valence-electron chi connectivity index (χ2n) is 3.92. The first-order valence-electron chi connectivity index (χ1n) is 5.28. The molecule has 0 atom stereocenters. The molecule has 1 radical (unpaired) electrons. The molecule has 0 heteroatoms. The van der Waals surface area contributed by atoms with Crippen molar-refractivity contribution in [3.05, 3.63) is 70.8 Å². The van der Waals surface area contributed by atoms with Crippen LogP contribution in [-0.4, -0.2) is 0 Å². The number of aryl methyl sites for hydroxylation is 1. The van der Waals surface area contributed by atoms with E-state index in [9.17, 15) is 0 Å². The lowest BCUT2D eigenvalue weighted by atomic mass is 9.97. The Morgan fingerprint density at radius 1 is 1.00 bits per heavy atom. The lowest BCUT2D eigenvalue weighted by Crippen LogP contribution is -1.93. The van der Waals surface area contributed by atoms with Crippen molar-refractivity contribution in [3.63, 3.8) is 0 Å². The minimum atomic E-state index is 1.02. The first kappa shape index (κ1) is 9.97. The quantitative estimate of drug-likeness (QED) is 0.685. The Morgan fingerprint density at radius 3 is 2.47 bits per heavy atom. The standard InChI is InChI=1S/C15H15/c1-12-7-6-10-15(13(12)2)11-14-8-4-3-5-9-14/h3-6,8-10H,11H2,1-2H3. The Labute approximate surface area is 91.6 Å². The minimum absolute atomic E-state index is 1.02. The maximum absolute atomic E-state index is 3.23. The van der Waals surface area contributed by atoms with Crippen LogP contribution in [-0.2, 0) is 6.42 Å². The van der Waals surface area contributed by atoms with Crippen LogP contribution in [0.25, 0.3) is 0 Å². The van der Waals surface area contributed by atoms with Gasteiger partial charge in [-0.3, -0.25) is 0 Å². The summed E-state index contributed by atoms with van der Waals surface area (Å²) in [6.45, 7) is 4.29. The molecule has 0 nitrogen and oxygen atoms in total. The topological polar surface area (TPSA) is 0 Å². The Kier molecular flexibility index (Phi) is 2.86. The molecule has 0 heterocycles. The predicted octanol–water partition coefficient (Wildman–Crippen LogP) is 3.69. The fraction of sp³-hybridized carbons (Fsp3) is 0.200. The molecule has 0 N–H and O–H groups in total. The molecule has 75 valence electrons. The monoisotopic (exact) mass is 195 g/mol. The summed E-state index contributed by atoms with van der Waals surface area (Å²) in [6, 6.07) is 18.0. The highest BCUT2D eigenvalue weighted by Gasteiger charge is 2.01. The van der Waals surface area contributed by atoms with Crippen LogP contribution in [0.4, 0.5) is 0 Å². The Balaban J connectivity index is 2.29. The van der Waals surface area contributed by atoms with Crippen LogP contribution in [0.1, 0.15) is 22.3 Å². The Morgan fingerprint density at radius 2 is 1.73 bits per heavy atom. The van der Waals surface area contributed by atoms with E-state index in [4.69, 9.17) is 0 Å². The first-order valence-corrected chi connectivity index (χ1v) is 5.28. The number of rotatable bonds is 2. The highest BCUT2D eigenvalue weighted by molar-refractivity contribution is 5.36. The van der Waals surface area contributed by atoms with Crippen LogP contribution in [0.3, 0.4) is 0 Å². The van der Waals surface area contributed by atoms with Gasteiger partial charge in [0.05, 0.1) is 0 Å². The van der Waals surface area contributed by atoms with Crippen molar-refractivity contribution in [3.8, 4) is 0 Å². The van der Waals surface area contributed by atoms with Crippen molar-refractivity contribution in [1.29, 1.82) is 0 Å². The van der Waals surface area contributed by atoms with Gasteiger partial charge < -0.3 is 0 Å². The van der Waals surface area contributed by atoms with Gasteiger partial charge >= 0.3 is 0 Å². The largest absolute Gasteiger partial charge is 0.0622 e. The third-order valence-corrected chi connectivity index (χ3v) is 2.87. The molecule has 0 saturated carbocycles. The SMILES string of the molecule is Cc1[c]ccc(Cc2ccccc2)c1C. The third kappa shape index (κ3) is 2.27. The zero-order chi connectivity index (χ0) is 10.7. The summed E-state index contributed by atoms with van der Waals surface area (Å²) in [4.78, 5) is 0. The summed E-state index contributed by atoms with van der Waals surface area (Å²) in [7, 11) is 0. The third-order valence-electron chi connectivity index (χ3n) is 2.87. The van der Waals surface area contributed by atoms with E-state index >= 15 is 0 Å². The van der Waals surface area contributed by atoms with Crippen molar-refractivity contribution in [2.45, 2.75) is 20.3 Å². The zero-order valence-corrected chi connectivity index (χ0v) is 9.25. The van der Waals surface area contributed by atoms with Crippen LogP contribution in [0.5, 0.6) is 0 Å². The van der Waals surface area contributed by atoms with Gasteiger partial charge in [0.25, 0.3) is 0 Å². The Bertz CT molecular complexity index is 441. The number of benzene rings is 2. The second kappa shape index (κ2) is 4.31. The van der Waals surface area contributed by atoms with Gasteiger partial charge in [-0.05, 0) is 48.6 Å². The molecule has 0 aromatic heterocycles. The van der Waals surface area contributed by atoms with E-state index < -0.39 is 0 Å². The van der Waals surface area contributed by atoms with E-state index in [-0.39, 0.29) is 0 Å². The molecule has 2 rings (SSSR count). The van der Waals surface area contributed by atoms with E-state index in [0.29, 0.717) is 0 Å². The van der Waals surface area contributed by atoms with E-state index in [0.717, 1.165) is 6.42 Å². The molecule has 15 heavy (non-hydrogen) atoms. The molecule has 0 spiro atoms. The van der Waals surface area contributed by atoms with Gasteiger partial charge in [0.2, 0.25) is 0 Å². The van der Waals surface area contributed by atoms with E-state index in [1.807, 2.05) is 6.07 Å². The second-order valence-corrected chi connectivity index (χ2v) is 3.92. The Hall–Kier alpha value is -1.56. The fourth-order valence-electron chi connectivity index (χ4n) is 1.75. The van der Waals surface area contributed by atoms with Gasteiger partial charge in [-0.25, -0.2) is 0 Å². The van der Waals surface area contributed by atoms with E-state index in [1.54, 1.807) is 0 Å². The number of hydrogen-bond donors (Lipinski definition) is 0. The molecule has 0 fully saturated rings. The minimum Gasteiger partial charge on any atom is -0.0622 e. The average Bonchev–Trinajstić information content (AvgIpc) is 2.26. The first-order chi connectivity index (χ1) is 7.27. The molecule has 0 aliphatic carbocycles. The van der Waals surface area contributed by atoms with Crippen molar-refractivity contribution in [2.75, 3.05) is 0 Å². The summed E-state index contributed by atoms with van der Waals surface area (Å²) in [5, 5.41) is 0. The van der Waals surface area contributed by atoms with Crippen LogP contribution < -0.4 is 0 Å². The molecule has 2 aromatic rings. The molecular weight excluding hydrogens is 180 g/mol. The van der Waals surface area contributed by atoms with Crippen LogP contribution in [0.15, 0.2) is 42.5 Å². The van der Waals surface area contributed by atoms with Crippen molar-refractivity contribution in [2.24, 2.45) is 0 Å². The van der Waals surface area contributed by atoms with Gasteiger partial charge in [0, 0.05) is 0 Å². The van der Waals surface area contributed by atoms with Gasteiger partial charge in [-0.1, -0.05) is 42.5 Å². The molecular formula is C15H15. The summed E-state index contributed by atoms with van der Waals surface area (Å²) in [5.74, 6) is 0. The van der Waals surface area contributed by atoms with Gasteiger partial charge in [0.15, 0.2) is 0 Å². The normalized spacial score (nSPS) is 10.3. The molecule has 0 aliphatic heterocycles. The van der Waals surface area contributed by atoms with E-state index in [2.05, 4.69) is 56.3 Å². The smallest absolute Gasteiger partial charge is 0.00230 e. The molecule has 0 unspecified atom stereocenters. The molecule has 0 bridgehead atoms. The maximum Gasteiger partial charge on any atom is -0.00230 e. The zero-order valence-electron chi connectivity index (χ0n) is 9.25. The summed E-state index contributed by atoms with van der Waals surface area (Å²) >= 11 is 0. The van der Waals surface area contributed by atoms with Crippen molar-refractivity contribution >= 4 is 0 Å². The molecule has 0 saturated heterocycles. The highest BCUT2D eigenvalue weighted by atomic mass is 14.1. The predicted molar refractivity (Wildman–Crippen MR) is 64.0 cm³/mol. The van der Waals surface area contributed by atoms with Crippen LogP contribution in [0.2, 0.25) is 0 Å². The average molecular weight is 195 g/mol. The molecule has 2 aromatic carbocycles. The summed E-state index contributed by atoms with van der Waals surface area (Å²) < 4.78 is 0. The lowest BCUT2D eigenvalue weighted by Gasteiger charge is -2.07. The number of hydrogen-bond acceptors (Lipinski definition) is 0. The summed E-state index contributed by atoms with van der Waals surface area (Å²) in [5.41, 5.74) is 5.38. The van der Waals surface area contributed by atoms with Crippen LogP contribution in [0, 0.1) is 19.9 Å². The van der Waals surface area contributed by atoms with Crippen LogP contribution >= 0.6 is 0 Å². The van der Waals surface area contributed by atoms with Gasteiger partial charge in [-0.15, -0.1) is 0 Å². The van der Waals surface area contributed by atoms with E-state index in [1.165, 1.54) is 22.3 Å². The van der Waals surface area contributed by atoms with Crippen molar-refractivity contribution < 1.29 is 0 Å². The van der Waals surface area contributed by atoms with Gasteiger partial charge in [-0.2, -0.15) is 0 Å². The van der Waals surface area contributed by atoms with Gasteiger partial charge in [0.1, 0.15) is 0 Å². The molecule has 0 aliphatic rings. The molecule has 0 amide bonds. The van der Waals surface area contributed by atoms with Crippen molar-refractivity contribution in [1.82, 2.24) is 0 Å². The lowest BCUT2D eigenvalue weighted by molar-refractivity contribution is 1.13. The fourth-order valence-corrected chi connectivity index (χ4v) is 1.75. The maximum atomic E-state index is 3.23. The summed E-state index contributed by atoms with van der Waals surface area (Å²) in [6.07, 6.45) is 1.02. The highest BCUT2D eigenvalue weighted by Crippen LogP contribution is 2.16.